The van der Waals surface area contributed by atoms with E-state index in [1.54, 1.807) is 0 Å². The number of rotatable bonds is 20. The standard InChI is InChI=1S/C21H43N3O3.Na/c1-24(2)17-15-13-11-9-7-5-3-4-6-8-10-12-14-16-23-19(21(26)27)18-20(22)25;/h19,23H,3-18H2,1-2H3,(H2,22,25)(H,26,27);/q;+1/p-1. The summed E-state index contributed by atoms with van der Waals surface area (Å²) in [5.41, 5.74) is 5.03. The van der Waals surface area contributed by atoms with E-state index >= 15 is 0 Å². The maximum Gasteiger partial charge on any atom is 1.00 e. The van der Waals surface area contributed by atoms with Gasteiger partial charge in [0.05, 0.1) is 12.0 Å². The van der Waals surface area contributed by atoms with Crippen LogP contribution in [0, 0.1) is 0 Å². The Balaban J connectivity index is 0. The second kappa shape index (κ2) is 21.6. The molecule has 0 bridgehead atoms. The van der Waals surface area contributed by atoms with Crippen LogP contribution in [0.3, 0.4) is 0 Å². The minimum absolute atomic E-state index is 0. The molecule has 0 saturated heterocycles. The minimum atomic E-state index is -1.26. The summed E-state index contributed by atoms with van der Waals surface area (Å²) in [7, 11) is 4.27. The number of nitrogens with two attached hydrogens (primary N) is 1. The predicted octanol–water partition coefficient (Wildman–Crippen LogP) is -0.793. The molecule has 6 nitrogen and oxygen atoms in total. The van der Waals surface area contributed by atoms with Gasteiger partial charge in [-0.05, 0) is 40.0 Å². The number of carboxylic acid groups (broad SMARTS) is 1. The van der Waals surface area contributed by atoms with Gasteiger partial charge in [-0.2, -0.15) is 0 Å². The quantitative estimate of drug-likeness (QED) is 0.204. The van der Waals surface area contributed by atoms with E-state index in [0.717, 1.165) is 12.8 Å². The molecule has 1 amide bonds. The van der Waals surface area contributed by atoms with E-state index in [0.29, 0.717) is 6.54 Å². The van der Waals surface area contributed by atoms with E-state index in [2.05, 4.69) is 24.3 Å². The van der Waals surface area contributed by atoms with Crippen molar-refractivity contribution < 1.29 is 44.3 Å². The van der Waals surface area contributed by atoms with Crippen LogP contribution in [0.5, 0.6) is 0 Å². The largest absolute Gasteiger partial charge is 1.00 e. The Hall–Kier alpha value is -0.140. The molecule has 0 aliphatic carbocycles. The molecule has 28 heavy (non-hydrogen) atoms. The van der Waals surface area contributed by atoms with Gasteiger partial charge in [0.25, 0.3) is 0 Å². The SMILES string of the molecule is CN(C)CCCCCCCCCCCCCCCNC(CC(N)=O)C(=O)[O-].[Na+]. The Kier molecular flexibility index (Phi) is 23.1. The first kappa shape index (κ1) is 30.1. The van der Waals surface area contributed by atoms with Gasteiger partial charge in [-0.15, -0.1) is 0 Å². The van der Waals surface area contributed by atoms with Crippen LogP contribution in [-0.4, -0.2) is 50.0 Å². The van der Waals surface area contributed by atoms with Gasteiger partial charge in [-0.1, -0.05) is 70.6 Å². The first-order valence-corrected chi connectivity index (χ1v) is 10.8. The van der Waals surface area contributed by atoms with Gasteiger partial charge in [0, 0.05) is 6.42 Å². The first-order chi connectivity index (χ1) is 12.9. The van der Waals surface area contributed by atoms with Crippen molar-refractivity contribution in [3.05, 3.63) is 0 Å². The normalized spacial score (nSPS) is 12.0. The van der Waals surface area contributed by atoms with Crippen LogP contribution >= 0.6 is 0 Å². The van der Waals surface area contributed by atoms with Crippen molar-refractivity contribution >= 4 is 11.9 Å². The zero-order valence-electron chi connectivity index (χ0n) is 18.6. The number of aliphatic carboxylic acids is 1. The van der Waals surface area contributed by atoms with Crippen molar-refractivity contribution in [3.8, 4) is 0 Å². The molecule has 0 aromatic heterocycles. The molecular formula is C21H42N3NaO3. The number of carbonyl (C=O) groups is 2. The van der Waals surface area contributed by atoms with Crippen molar-refractivity contribution in [2.24, 2.45) is 5.73 Å². The molecule has 3 N–H and O–H groups in total. The summed E-state index contributed by atoms with van der Waals surface area (Å²) in [6.07, 6.45) is 16.3. The molecule has 0 aromatic carbocycles. The molecule has 0 rings (SSSR count). The van der Waals surface area contributed by atoms with Gasteiger partial charge in [0.2, 0.25) is 5.91 Å². The van der Waals surface area contributed by atoms with Gasteiger partial charge >= 0.3 is 29.6 Å². The molecule has 160 valence electrons. The Morgan fingerprint density at radius 3 is 1.57 bits per heavy atom. The molecule has 7 heteroatoms. The Labute approximate surface area is 194 Å². The van der Waals surface area contributed by atoms with Crippen LogP contribution in [0.15, 0.2) is 0 Å². The van der Waals surface area contributed by atoms with Crippen molar-refractivity contribution in [1.29, 1.82) is 0 Å². The zero-order valence-corrected chi connectivity index (χ0v) is 20.6. The third kappa shape index (κ3) is 22.2. The van der Waals surface area contributed by atoms with E-state index in [4.69, 9.17) is 5.73 Å². The molecule has 0 aliphatic heterocycles. The van der Waals surface area contributed by atoms with Crippen LogP contribution in [-0.2, 0) is 9.59 Å². The molecular weight excluding hydrogens is 365 g/mol. The van der Waals surface area contributed by atoms with E-state index in [9.17, 15) is 14.7 Å². The molecule has 0 fully saturated rings. The number of unbranched alkanes of at least 4 members (excludes halogenated alkanes) is 12. The van der Waals surface area contributed by atoms with E-state index in [-0.39, 0.29) is 36.0 Å². The molecule has 1 atom stereocenters. The summed E-state index contributed by atoms with van der Waals surface area (Å²) in [5.74, 6) is -1.89. The van der Waals surface area contributed by atoms with E-state index in [1.807, 2.05) is 0 Å². The van der Waals surface area contributed by atoms with Crippen molar-refractivity contribution in [1.82, 2.24) is 10.2 Å². The molecule has 1 unspecified atom stereocenters. The second-order valence-corrected chi connectivity index (χ2v) is 7.90. The van der Waals surface area contributed by atoms with Crippen LogP contribution in [0.1, 0.15) is 89.9 Å². The van der Waals surface area contributed by atoms with Crippen molar-refractivity contribution in [2.45, 2.75) is 95.9 Å². The van der Waals surface area contributed by atoms with E-state index < -0.39 is 17.9 Å². The third-order valence-electron chi connectivity index (χ3n) is 4.86. The van der Waals surface area contributed by atoms with Gasteiger partial charge in [0.1, 0.15) is 0 Å². The number of nitrogens with one attached hydrogen (secondary N) is 1. The van der Waals surface area contributed by atoms with Crippen molar-refractivity contribution in [3.63, 3.8) is 0 Å². The maximum absolute atomic E-state index is 10.9. The average molecular weight is 408 g/mol. The fraction of sp³-hybridized carbons (Fsp3) is 0.905. The topological polar surface area (TPSA) is 98.5 Å². The van der Waals surface area contributed by atoms with Crippen molar-refractivity contribution in [2.75, 3.05) is 27.2 Å². The smallest absolute Gasteiger partial charge is 0.548 e. The minimum Gasteiger partial charge on any atom is -0.548 e. The number of nitrogens with zero attached hydrogens (tertiary/aromatic N) is 1. The summed E-state index contributed by atoms with van der Waals surface area (Å²) in [6, 6.07) is -0.963. The Bertz CT molecular complexity index is 382. The zero-order chi connectivity index (χ0) is 20.3. The number of carboxylic acids is 1. The first-order valence-electron chi connectivity index (χ1n) is 10.8. The summed E-state index contributed by atoms with van der Waals surface area (Å²) >= 11 is 0. The molecule has 0 saturated carbocycles. The molecule has 0 radical (unpaired) electrons. The monoisotopic (exact) mass is 407 g/mol. The molecule has 0 heterocycles. The Morgan fingerprint density at radius 1 is 0.821 bits per heavy atom. The second-order valence-electron chi connectivity index (χ2n) is 7.90. The fourth-order valence-corrected chi connectivity index (χ4v) is 3.21. The number of hydrogen-bond donors (Lipinski definition) is 2. The predicted molar refractivity (Wildman–Crippen MR) is 109 cm³/mol. The molecule has 0 aliphatic rings. The van der Waals surface area contributed by atoms with E-state index in [1.165, 1.54) is 77.2 Å². The number of carbonyl (C=O) groups excluding carboxylic acids is 2. The third-order valence-corrected chi connectivity index (χ3v) is 4.86. The number of amides is 1. The Morgan fingerprint density at radius 2 is 1.21 bits per heavy atom. The summed E-state index contributed by atoms with van der Waals surface area (Å²) < 4.78 is 0. The summed E-state index contributed by atoms with van der Waals surface area (Å²) in [6.45, 7) is 1.79. The number of hydrogen-bond acceptors (Lipinski definition) is 5. The van der Waals surface area contributed by atoms with Crippen LogP contribution < -0.4 is 45.7 Å². The van der Waals surface area contributed by atoms with Gasteiger partial charge < -0.3 is 25.9 Å². The van der Waals surface area contributed by atoms with Crippen LogP contribution in [0.2, 0.25) is 0 Å². The van der Waals surface area contributed by atoms with Gasteiger partial charge in [-0.3, -0.25) is 4.79 Å². The van der Waals surface area contributed by atoms with Crippen LogP contribution in [0.25, 0.3) is 0 Å². The van der Waals surface area contributed by atoms with Gasteiger partial charge in [0.15, 0.2) is 0 Å². The summed E-state index contributed by atoms with van der Waals surface area (Å²) in [5, 5.41) is 13.7. The summed E-state index contributed by atoms with van der Waals surface area (Å²) in [4.78, 5) is 23.9. The molecule has 0 spiro atoms. The number of primary amides is 1. The average Bonchev–Trinajstić information content (AvgIpc) is 2.59. The maximum atomic E-state index is 10.9. The fourth-order valence-electron chi connectivity index (χ4n) is 3.21. The van der Waals surface area contributed by atoms with Crippen LogP contribution in [0.4, 0.5) is 0 Å². The van der Waals surface area contributed by atoms with Gasteiger partial charge in [-0.25, -0.2) is 0 Å². The molecule has 0 aromatic rings.